The largest absolute Gasteiger partial charge is 0.480 e. The van der Waals surface area contributed by atoms with Crippen molar-refractivity contribution in [2.75, 3.05) is 0 Å². The average Bonchev–Trinajstić information content (AvgIpc) is 2.74. The number of fused-ring (bicyclic) bond motifs is 1. The predicted molar refractivity (Wildman–Crippen MR) is 75.3 cm³/mol. The maximum absolute atomic E-state index is 12.1. The van der Waals surface area contributed by atoms with E-state index in [-0.39, 0.29) is 29.1 Å². The van der Waals surface area contributed by atoms with Crippen molar-refractivity contribution < 1.29 is 15.4 Å². The molecule has 9 nitrogen and oxygen atoms in total. The molecule has 0 spiro atoms. The minimum atomic E-state index is -1.08. The Hall–Kier alpha value is -2.42. The summed E-state index contributed by atoms with van der Waals surface area (Å²) >= 11 is 0. The zero-order chi connectivity index (χ0) is 15.0. The van der Waals surface area contributed by atoms with Crippen molar-refractivity contribution in [2.45, 2.75) is 26.9 Å². The van der Waals surface area contributed by atoms with Crippen molar-refractivity contribution in [1.29, 1.82) is 0 Å². The Bertz CT molecular complexity index is 783. The molecule has 0 unspecified atom stereocenters. The quantitative estimate of drug-likeness (QED) is 0.758. The molecular weight excluding hydrogens is 280 g/mol. The lowest BCUT2D eigenvalue weighted by Crippen LogP contribution is -2.39. The van der Waals surface area contributed by atoms with Gasteiger partial charge < -0.3 is 15.1 Å². The minimum absolute atomic E-state index is 0. The molecule has 3 N–H and O–H groups in total. The molecule has 2 aromatic rings. The topological polar surface area (TPSA) is 131 Å². The highest BCUT2D eigenvalue weighted by Gasteiger charge is 2.17. The van der Waals surface area contributed by atoms with E-state index in [9.17, 15) is 14.4 Å². The average molecular weight is 298 g/mol. The molecule has 9 heteroatoms. The van der Waals surface area contributed by atoms with Gasteiger partial charge in [-0.05, 0) is 5.92 Å². The van der Waals surface area contributed by atoms with Gasteiger partial charge in [0.25, 0.3) is 5.56 Å². The number of hydrogen-bond donors (Lipinski definition) is 1. The van der Waals surface area contributed by atoms with Crippen LogP contribution in [0, 0.1) is 5.92 Å². The number of nitrogens with zero attached hydrogens (tertiary/aromatic N) is 4. The van der Waals surface area contributed by atoms with Crippen LogP contribution in [0.25, 0.3) is 11.2 Å². The van der Waals surface area contributed by atoms with Crippen LogP contribution in [0.2, 0.25) is 0 Å². The van der Waals surface area contributed by atoms with Gasteiger partial charge in [-0.1, -0.05) is 13.8 Å². The van der Waals surface area contributed by atoms with Crippen LogP contribution in [-0.4, -0.2) is 35.2 Å². The first-order valence-electron chi connectivity index (χ1n) is 6.19. The lowest BCUT2D eigenvalue weighted by atomic mass is 10.2. The molecule has 0 saturated carbocycles. The molecule has 116 valence electrons. The van der Waals surface area contributed by atoms with Gasteiger partial charge in [-0.15, -0.1) is 0 Å². The Balaban J connectivity index is 0.00000220. The molecule has 0 saturated heterocycles. The van der Waals surface area contributed by atoms with Crippen LogP contribution in [0.3, 0.4) is 0 Å². The van der Waals surface area contributed by atoms with Gasteiger partial charge in [0.05, 0.1) is 6.33 Å². The number of rotatable bonds is 4. The van der Waals surface area contributed by atoms with E-state index in [1.54, 1.807) is 0 Å². The Morgan fingerprint density at radius 2 is 2.00 bits per heavy atom. The second-order valence-corrected chi connectivity index (χ2v) is 5.09. The normalized spacial score (nSPS) is 10.9. The third-order valence-electron chi connectivity index (χ3n) is 2.95. The highest BCUT2D eigenvalue weighted by Crippen LogP contribution is 2.08. The van der Waals surface area contributed by atoms with E-state index in [0.29, 0.717) is 6.54 Å². The molecule has 0 bridgehead atoms. The number of hydrogen-bond acceptors (Lipinski definition) is 4. The number of carboxylic acid groups (broad SMARTS) is 1. The highest BCUT2D eigenvalue weighted by molar-refractivity contribution is 5.74. The fourth-order valence-corrected chi connectivity index (χ4v) is 2.10. The fourth-order valence-electron chi connectivity index (χ4n) is 2.10. The van der Waals surface area contributed by atoms with Crippen molar-refractivity contribution in [2.24, 2.45) is 13.0 Å². The van der Waals surface area contributed by atoms with E-state index in [0.717, 1.165) is 4.57 Å². The molecule has 0 aromatic carbocycles. The maximum atomic E-state index is 12.1. The van der Waals surface area contributed by atoms with Gasteiger partial charge in [0.15, 0.2) is 11.2 Å². The molecule has 0 amide bonds. The molecule has 0 fully saturated rings. The van der Waals surface area contributed by atoms with Crippen molar-refractivity contribution in [3.8, 4) is 0 Å². The number of carbonyl (C=O) groups is 1. The summed E-state index contributed by atoms with van der Waals surface area (Å²) in [5.74, 6) is -0.883. The van der Waals surface area contributed by atoms with Crippen LogP contribution >= 0.6 is 0 Å². The summed E-state index contributed by atoms with van der Waals surface area (Å²) in [6.07, 6.45) is 1.27. The summed E-state index contributed by atoms with van der Waals surface area (Å²) in [5, 5.41) is 8.85. The number of imidazole rings is 1. The van der Waals surface area contributed by atoms with Crippen molar-refractivity contribution in [3.05, 3.63) is 27.2 Å². The summed E-state index contributed by atoms with van der Waals surface area (Å²) < 4.78 is 3.63. The van der Waals surface area contributed by atoms with E-state index < -0.39 is 17.2 Å². The van der Waals surface area contributed by atoms with E-state index in [1.807, 2.05) is 13.8 Å². The van der Waals surface area contributed by atoms with Crippen molar-refractivity contribution in [1.82, 2.24) is 18.7 Å². The van der Waals surface area contributed by atoms with E-state index in [4.69, 9.17) is 5.11 Å². The molecule has 2 aromatic heterocycles. The standard InChI is InChI=1S/C12H16N4O4.H2O/c1-7(2)4-16-10-9(11(19)14(3)12(16)20)15(6-13-10)5-8(17)18;/h6-7H,4-5H2,1-3H3,(H,17,18);1H2. The third-order valence-corrected chi connectivity index (χ3v) is 2.95. The second-order valence-electron chi connectivity index (χ2n) is 5.09. The van der Waals surface area contributed by atoms with Crippen LogP contribution in [0.5, 0.6) is 0 Å². The van der Waals surface area contributed by atoms with E-state index >= 15 is 0 Å². The summed E-state index contributed by atoms with van der Waals surface area (Å²) in [6.45, 7) is 3.93. The zero-order valence-electron chi connectivity index (χ0n) is 12.0. The summed E-state index contributed by atoms with van der Waals surface area (Å²) in [5.41, 5.74) is -0.622. The van der Waals surface area contributed by atoms with Crippen LogP contribution in [0.15, 0.2) is 15.9 Å². The summed E-state index contributed by atoms with van der Waals surface area (Å²) in [4.78, 5) is 39.1. The van der Waals surface area contributed by atoms with Crippen LogP contribution in [-0.2, 0) is 24.9 Å². The minimum Gasteiger partial charge on any atom is -0.480 e. The molecule has 21 heavy (non-hydrogen) atoms. The van der Waals surface area contributed by atoms with Gasteiger partial charge in [0.2, 0.25) is 0 Å². The van der Waals surface area contributed by atoms with Crippen molar-refractivity contribution >= 4 is 17.1 Å². The molecule has 2 rings (SSSR count). The Labute approximate surface area is 119 Å². The van der Waals surface area contributed by atoms with Gasteiger partial charge in [-0.3, -0.25) is 18.7 Å². The van der Waals surface area contributed by atoms with E-state index in [1.165, 1.54) is 22.5 Å². The highest BCUT2D eigenvalue weighted by atomic mass is 16.4. The fraction of sp³-hybridized carbons (Fsp3) is 0.500. The van der Waals surface area contributed by atoms with Crippen LogP contribution in [0.1, 0.15) is 13.8 Å². The number of aromatic nitrogens is 4. The Kier molecular flexibility index (Phi) is 4.69. The maximum Gasteiger partial charge on any atom is 0.332 e. The monoisotopic (exact) mass is 298 g/mol. The van der Waals surface area contributed by atoms with Gasteiger partial charge >= 0.3 is 11.7 Å². The second kappa shape index (κ2) is 5.92. The molecule has 0 aliphatic heterocycles. The lowest BCUT2D eigenvalue weighted by molar-refractivity contribution is -0.137. The molecule has 0 aliphatic rings. The molecule has 0 aliphatic carbocycles. The first-order chi connectivity index (χ1) is 9.32. The number of carboxylic acids is 1. The number of aliphatic carboxylic acids is 1. The molecule has 2 heterocycles. The van der Waals surface area contributed by atoms with Crippen LogP contribution < -0.4 is 11.2 Å². The van der Waals surface area contributed by atoms with Gasteiger partial charge in [0.1, 0.15) is 6.54 Å². The summed E-state index contributed by atoms with van der Waals surface area (Å²) in [7, 11) is 1.37. The first kappa shape index (κ1) is 16.6. The summed E-state index contributed by atoms with van der Waals surface area (Å²) in [6, 6.07) is 0. The van der Waals surface area contributed by atoms with Crippen LogP contribution in [0.4, 0.5) is 0 Å². The Morgan fingerprint density at radius 1 is 1.38 bits per heavy atom. The van der Waals surface area contributed by atoms with Crippen molar-refractivity contribution in [3.63, 3.8) is 0 Å². The molecular formula is C12H18N4O5. The lowest BCUT2D eigenvalue weighted by Gasteiger charge is -2.11. The van der Waals surface area contributed by atoms with Gasteiger partial charge in [0, 0.05) is 13.6 Å². The molecule has 0 atom stereocenters. The zero-order valence-corrected chi connectivity index (χ0v) is 12.0. The third kappa shape index (κ3) is 2.87. The van der Waals surface area contributed by atoms with E-state index in [2.05, 4.69) is 4.98 Å². The smallest absolute Gasteiger partial charge is 0.332 e. The Morgan fingerprint density at radius 3 is 2.52 bits per heavy atom. The predicted octanol–water partition coefficient (Wildman–Crippen LogP) is -1.19. The SMILES string of the molecule is CC(C)Cn1c(=O)n(C)c(=O)c2c1ncn2CC(=O)O.O. The molecule has 0 radical (unpaired) electrons. The van der Waals surface area contributed by atoms with Gasteiger partial charge in [-0.25, -0.2) is 9.78 Å². The first-order valence-corrected chi connectivity index (χ1v) is 6.19. The van der Waals surface area contributed by atoms with Gasteiger partial charge in [-0.2, -0.15) is 0 Å².